The highest BCUT2D eigenvalue weighted by Gasteiger charge is 2.12. The molecule has 0 radical (unpaired) electrons. The maximum Gasteiger partial charge on any atom is 0.254 e. The van der Waals surface area contributed by atoms with Gasteiger partial charge in [-0.2, -0.15) is 0 Å². The van der Waals surface area contributed by atoms with Crippen molar-refractivity contribution >= 4 is 23.2 Å². The van der Waals surface area contributed by atoms with Crippen LogP contribution in [0.25, 0.3) is 11.5 Å². The van der Waals surface area contributed by atoms with Crippen LogP contribution in [0.5, 0.6) is 0 Å². The lowest BCUT2D eigenvalue weighted by Gasteiger charge is -2.06. The molecule has 0 aliphatic heterocycles. The SMILES string of the molecule is CCc1c(C)nc(-c2ncc(Cl)cc2Cl)[nH]c1=O. The van der Waals surface area contributed by atoms with Crippen LogP contribution < -0.4 is 5.56 Å². The fourth-order valence-corrected chi connectivity index (χ4v) is 2.20. The van der Waals surface area contributed by atoms with Gasteiger partial charge in [0, 0.05) is 17.5 Å². The molecule has 2 rings (SSSR count). The number of aromatic amines is 1. The molecule has 2 aromatic rings. The quantitative estimate of drug-likeness (QED) is 0.922. The number of aryl methyl sites for hydroxylation is 1. The second-order valence-electron chi connectivity index (χ2n) is 3.82. The van der Waals surface area contributed by atoms with Gasteiger partial charge in [0.2, 0.25) is 0 Å². The summed E-state index contributed by atoms with van der Waals surface area (Å²) in [5, 5.41) is 0.794. The molecule has 0 fully saturated rings. The number of pyridine rings is 1. The Labute approximate surface area is 114 Å². The topological polar surface area (TPSA) is 58.6 Å². The minimum atomic E-state index is -0.159. The molecule has 6 heteroatoms. The molecule has 0 aliphatic rings. The summed E-state index contributed by atoms with van der Waals surface area (Å²) >= 11 is 11.8. The Morgan fingerprint density at radius 1 is 1.39 bits per heavy atom. The first-order chi connectivity index (χ1) is 8.52. The number of halogens is 2. The Morgan fingerprint density at radius 2 is 2.11 bits per heavy atom. The molecule has 0 atom stereocenters. The van der Waals surface area contributed by atoms with Gasteiger partial charge in [0.15, 0.2) is 5.82 Å². The highest BCUT2D eigenvalue weighted by Crippen LogP contribution is 2.25. The summed E-state index contributed by atoms with van der Waals surface area (Å²) in [4.78, 5) is 22.9. The molecule has 0 saturated heterocycles. The van der Waals surface area contributed by atoms with Gasteiger partial charge in [-0.05, 0) is 19.4 Å². The Hall–Kier alpha value is -1.39. The Bertz CT molecular complexity index is 652. The van der Waals surface area contributed by atoms with Gasteiger partial charge < -0.3 is 4.98 Å². The number of hydrogen-bond donors (Lipinski definition) is 1. The highest BCUT2D eigenvalue weighted by atomic mass is 35.5. The number of nitrogens with one attached hydrogen (secondary N) is 1. The minimum absolute atomic E-state index is 0.159. The van der Waals surface area contributed by atoms with E-state index in [-0.39, 0.29) is 5.56 Å². The molecule has 4 nitrogen and oxygen atoms in total. The number of aromatic nitrogens is 3. The van der Waals surface area contributed by atoms with Crippen LogP contribution in [0.2, 0.25) is 10.0 Å². The first kappa shape index (κ1) is 13.1. The monoisotopic (exact) mass is 283 g/mol. The van der Waals surface area contributed by atoms with Gasteiger partial charge in [-0.1, -0.05) is 30.1 Å². The van der Waals surface area contributed by atoms with Crippen LogP contribution >= 0.6 is 23.2 Å². The molecule has 0 unspecified atom stereocenters. The van der Waals surface area contributed by atoms with E-state index in [1.54, 1.807) is 13.0 Å². The summed E-state index contributed by atoms with van der Waals surface area (Å²) in [7, 11) is 0. The summed E-state index contributed by atoms with van der Waals surface area (Å²) in [5.41, 5.74) is 1.62. The van der Waals surface area contributed by atoms with Crippen molar-refractivity contribution in [1.82, 2.24) is 15.0 Å². The van der Waals surface area contributed by atoms with E-state index < -0.39 is 0 Å². The van der Waals surface area contributed by atoms with E-state index in [1.165, 1.54) is 6.20 Å². The Morgan fingerprint density at radius 3 is 2.67 bits per heavy atom. The molecule has 18 heavy (non-hydrogen) atoms. The maximum absolute atomic E-state index is 11.9. The summed E-state index contributed by atoms with van der Waals surface area (Å²) in [6.45, 7) is 3.70. The second-order valence-corrected chi connectivity index (χ2v) is 4.66. The van der Waals surface area contributed by atoms with Crippen LogP contribution in [-0.4, -0.2) is 15.0 Å². The lowest BCUT2D eigenvalue weighted by Crippen LogP contribution is -2.17. The molecular formula is C12H11Cl2N3O. The van der Waals surface area contributed by atoms with Crippen molar-refractivity contribution in [3.05, 3.63) is 43.9 Å². The highest BCUT2D eigenvalue weighted by molar-refractivity contribution is 6.35. The van der Waals surface area contributed by atoms with Crippen LogP contribution in [0, 0.1) is 6.92 Å². The molecule has 2 heterocycles. The lowest BCUT2D eigenvalue weighted by atomic mass is 10.2. The maximum atomic E-state index is 11.9. The van der Waals surface area contributed by atoms with E-state index in [4.69, 9.17) is 23.2 Å². The third kappa shape index (κ3) is 2.40. The Kier molecular flexibility index (Phi) is 3.68. The van der Waals surface area contributed by atoms with Crippen molar-refractivity contribution in [3.63, 3.8) is 0 Å². The molecule has 2 aromatic heterocycles. The van der Waals surface area contributed by atoms with Crippen molar-refractivity contribution in [2.45, 2.75) is 20.3 Å². The van der Waals surface area contributed by atoms with Crippen molar-refractivity contribution in [2.75, 3.05) is 0 Å². The Balaban J connectivity index is 2.62. The fourth-order valence-electron chi connectivity index (χ4n) is 1.73. The standard InChI is InChI=1S/C12H11Cl2N3O/c1-3-8-6(2)16-11(17-12(8)18)10-9(14)4-7(13)5-15-10/h4-5H,3H2,1-2H3,(H,16,17,18). The van der Waals surface area contributed by atoms with Crippen molar-refractivity contribution < 1.29 is 0 Å². The molecule has 0 aromatic carbocycles. The van der Waals surface area contributed by atoms with Gasteiger partial charge in [0.05, 0.1) is 10.0 Å². The average molecular weight is 284 g/mol. The summed E-state index contributed by atoms with van der Waals surface area (Å²) in [6.07, 6.45) is 2.10. The van der Waals surface area contributed by atoms with Crippen LogP contribution in [0.1, 0.15) is 18.2 Å². The first-order valence-electron chi connectivity index (χ1n) is 5.44. The zero-order chi connectivity index (χ0) is 13.3. The van der Waals surface area contributed by atoms with Gasteiger partial charge in [-0.15, -0.1) is 0 Å². The van der Waals surface area contributed by atoms with Crippen LogP contribution in [0.4, 0.5) is 0 Å². The molecule has 0 amide bonds. The number of rotatable bonds is 2. The third-order valence-corrected chi connectivity index (χ3v) is 3.10. The van der Waals surface area contributed by atoms with E-state index >= 15 is 0 Å². The van der Waals surface area contributed by atoms with Crippen LogP contribution in [-0.2, 0) is 6.42 Å². The van der Waals surface area contributed by atoms with Gasteiger partial charge in [-0.25, -0.2) is 9.97 Å². The van der Waals surface area contributed by atoms with E-state index in [2.05, 4.69) is 15.0 Å². The van der Waals surface area contributed by atoms with E-state index in [0.717, 1.165) is 0 Å². The number of hydrogen-bond acceptors (Lipinski definition) is 3. The predicted octanol–water partition coefficient (Wildman–Crippen LogP) is 3.01. The van der Waals surface area contributed by atoms with E-state index in [1.807, 2.05) is 6.92 Å². The van der Waals surface area contributed by atoms with Gasteiger partial charge in [0.25, 0.3) is 5.56 Å². The minimum Gasteiger partial charge on any atom is -0.305 e. The normalized spacial score (nSPS) is 10.7. The van der Waals surface area contributed by atoms with E-state index in [0.29, 0.717) is 39.2 Å². The van der Waals surface area contributed by atoms with Crippen molar-refractivity contribution in [2.24, 2.45) is 0 Å². The van der Waals surface area contributed by atoms with Gasteiger partial charge in [-0.3, -0.25) is 4.79 Å². The number of nitrogens with zero attached hydrogens (tertiary/aromatic N) is 2. The summed E-state index contributed by atoms with van der Waals surface area (Å²) < 4.78 is 0. The summed E-state index contributed by atoms with van der Waals surface area (Å²) in [6, 6.07) is 1.56. The van der Waals surface area contributed by atoms with Gasteiger partial charge in [0.1, 0.15) is 5.69 Å². The summed E-state index contributed by atoms with van der Waals surface area (Å²) in [5.74, 6) is 0.358. The average Bonchev–Trinajstić information content (AvgIpc) is 2.28. The second kappa shape index (κ2) is 5.08. The third-order valence-electron chi connectivity index (χ3n) is 2.61. The fraction of sp³-hybridized carbons (Fsp3) is 0.250. The van der Waals surface area contributed by atoms with Crippen LogP contribution in [0.15, 0.2) is 17.1 Å². The first-order valence-corrected chi connectivity index (χ1v) is 6.19. The molecule has 94 valence electrons. The zero-order valence-electron chi connectivity index (χ0n) is 9.92. The van der Waals surface area contributed by atoms with E-state index in [9.17, 15) is 4.79 Å². The lowest BCUT2D eigenvalue weighted by molar-refractivity contribution is 0.962. The largest absolute Gasteiger partial charge is 0.305 e. The molecule has 0 saturated carbocycles. The predicted molar refractivity (Wildman–Crippen MR) is 72.2 cm³/mol. The molecular weight excluding hydrogens is 273 g/mol. The van der Waals surface area contributed by atoms with Crippen LogP contribution in [0.3, 0.4) is 0 Å². The molecule has 0 spiro atoms. The van der Waals surface area contributed by atoms with Crippen molar-refractivity contribution in [1.29, 1.82) is 0 Å². The molecule has 0 bridgehead atoms. The van der Waals surface area contributed by atoms with Crippen molar-refractivity contribution in [3.8, 4) is 11.5 Å². The molecule has 0 aliphatic carbocycles. The molecule has 1 N–H and O–H groups in total. The smallest absolute Gasteiger partial charge is 0.254 e. The van der Waals surface area contributed by atoms with Gasteiger partial charge >= 0.3 is 0 Å². The zero-order valence-corrected chi connectivity index (χ0v) is 11.4. The number of H-pyrrole nitrogens is 1.